The van der Waals surface area contributed by atoms with E-state index in [-0.39, 0.29) is 23.8 Å². The summed E-state index contributed by atoms with van der Waals surface area (Å²) >= 11 is 0. The monoisotopic (exact) mass is 441 g/mol. The molecule has 1 aliphatic heterocycles. The van der Waals surface area contributed by atoms with Crippen LogP contribution in [0.15, 0.2) is 72.1 Å². The van der Waals surface area contributed by atoms with Crippen molar-refractivity contribution in [3.8, 4) is 22.8 Å². The summed E-state index contributed by atoms with van der Waals surface area (Å²) in [5.41, 5.74) is 4.74. The van der Waals surface area contributed by atoms with E-state index in [0.717, 1.165) is 5.56 Å². The normalized spacial score (nSPS) is 12.2. The summed E-state index contributed by atoms with van der Waals surface area (Å²) in [4.78, 5) is 32.6. The first-order valence-corrected chi connectivity index (χ1v) is 9.82. The average molecular weight is 441 g/mol. The Balaban J connectivity index is 1.47. The fraction of sp³-hybridized carbons (Fsp3) is 0.0435. The van der Waals surface area contributed by atoms with Crippen LogP contribution in [-0.2, 0) is 0 Å². The van der Waals surface area contributed by atoms with Gasteiger partial charge in [0.1, 0.15) is 0 Å². The number of para-hydroxylation sites is 1. The Morgan fingerprint density at radius 3 is 2.73 bits per heavy atom. The van der Waals surface area contributed by atoms with Crippen LogP contribution in [0.2, 0.25) is 0 Å². The molecule has 1 N–H and O–H groups in total. The van der Waals surface area contributed by atoms with E-state index in [2.05, 4.69) is 20.5 Å². The van der Waals surface area contributed by atoms with Gasteiger partial charge in [-0.15, -0.1) is 0 Å². The Bertz CT molecular complexity index is 1420. The van der Waals surface area contributed by atoms with Gasteiger partial charge in [-0.1, -0.05) is 18.2 Å². The Morgan fingerprint density at radius 1 is 1.12 bits per heavy atom. The highest BCUT2D eigenvalue weighted by Gasteiger charge is 2.22. The van der Waals surface area contributed by atoms with Crippen LogP contribution in [-0.4, -0.2) is 33.8 Å². The van der Waals surface area contributed by atoms with Crippen LogP contribution < -0.4 is 14.9 Å². The number of carbonyl (C=O) groups is 1. The molecule has 0 radical (unpaired) electrons. The summed E-state index contributed by atoms with van der Waals surface area (Å²) < 4.78 is 10.5. The van der Waals surface area contributed by atoms with Gasteiger partial charge >= 0.3 is 0 Å². The van der Waals surface area contributed by atoms with Gasteiger partial charge in [0.05, 0.1) is 39.5 Å². The zero-order valence-corrected chi connectivity index (χ0v) is 17.0. The molecule has 0 aliphatic carbocycles. The quantitative estimate of drug-likeness (QED) is 0.284. The molecule has 162 valence electrons. The van der Waals surface area contributed by atoms with Crippen LogP contribution in [0.5, 0.6) is 11.5 Å². The van der Waals surface area contributed by atoms with Crippen LogP contribution in [0.4, 0.5) is 5.69 Å². The number of nitro benzene ring substituents is 1. The number of nitro groups is 1. The van der Waals surface area contributed by atoms with E-state index in [0.29, 0.717) is 27.9 Å². The first-order valence-electron chi connectivity index (χ1n) is 9.82. The molecule has 10 heteroatoms. The van der Waals surface area contributed by atoms with Crippen LogP contribution in [0.3, 0.4) is 0 Å². The summed E-state index contributed by atoms with van der Waals surface area (Å²) in [6, 6.07) is 15.2. The number of benzene rings is 2. The number of fused-ring (bicyclic) bond motifs is 2. The molecule has 33 heavy (non-hydrogen) atoms. The highest BCUT2D eigenvalue weighted by molar-refractivity contribution is 6.07. The number of carbonyl (C=O) groups excluding carboxylic acids is 1. The number of hydrogen-bond donors (Lipinski definition) is 1. The van der Waals surface area contributed by atoms with Crippen molar-refractivity contribution in [2.75, 3.05) is 6.79 Å². The molecule has 1 amide bonds. The molecule has 2 aromatic carbocycles. The molecule has 4 aromatic rings. The largest absolute Gasteiger partial charge is 0.454 e. The molecule has 0 saturated carbocycles. The van der Waals surface area contributed by atoms with E-state index < -0.39 is 10.8 Å². The lowest BCUT2D eigenvalue weighted by Gasteiger charge is -2.08. The molecule has 0 spiro atoms. The van der Waals surface area contributed by atoms with Crippen molar-refractivity contribution in [3.63, 3.8) is 0 Å². The summed E-state index contributed by atoms with van der Waals surface area (Å²) in [7, 11) is 0. The van der Waals surface area contributed by atoms with Gasteiger partial charge in [-0.25, -0.2) is 10.4 Å². The van der Waals surface area contributed by atoms with Gasteiger partial charge in [0.2, 0.25) is 6.79 Å². The van der Waals surface area contributed by atoms with Gasteiger partial charge in [-0.05, 0) is 30.3 Å². The maximum absolute atomic E-state index is 13.0. The van der Waals surface area contributed by atoms with Crippen molar-refractivity contribution < 1.29 is 19.2 Å². The number of hydrazone groups is 1. The van der Waals surface area contributed by atoms with Crippen LogP contribution >= 0.6 is 0 Å². The third kappa shape index (κ3) is 3.92. The maximum atomic E-state index is 13.0. The number of nitrogens with one attached hydrogen (secondary N) is 1. The first kappa shape index (κ1) is 20.1. The van der Waals surface area contributed by atoms with E-state index in [1.54, 1.807) is 30.6 Å². The minimum Gasteiger partial charge on any atom is -0.454 e. The van der Waals surface area contributed by atoms with Crippen LogP contribution in [0.1, 0.15) is 15.9 Å². The number of aromatic nitrogens is 2. The summed E-state index contributed by atoms with van der Waals surface area (Å²) in [5, 5.41) is 16.0. The van der Waals surface area contributed by atoms with Gasteiger partial charge in [0.15, 0.2) is 11.5 Å². The number of amides is 1. The Kier molecular flexibility index (Phi) is 5.07. The Hall–Kier alpha value is -4.86. The maximum Gasteiger partial charge on any atom is 0.282 e. The molecule has 2 aromatic heterocycles. The van der Waals surface area contributed by atoms with Crippen molar-refractivity contribution in [2.24, 2.45) is 5.10 Å². The molecule has 0 atom stereocenters. The molecular weight excluding hydrogens is 426 g/mol. The van der Waals surface area contributed by atoms with Crippen molar-refractivity contribution in [3.05, 3.63) is 88.2 Å². The van der Waals surface area contributed by atoms with Crippen molar-refractivity contribution in [2.45, 2.75) is 0 Å². The van der Waals surface area contributed by atoms with Crippen LogP contribution in [0.25, 0.3) is 22.2 Å². The van der Waals surface area contributed by atoms with E-state index in [4.69, 9.17) is 9.47 Å². The fourth-order valence-electron chi connectivity index (χ4n) is 3.45. The molecular formula is C23H15N5O5. The molecule has 3 heterocycles. The third-order valence-corrected chi connectivity index (χ3v) is 5.01. The number of pyridine rings is 2. The van der Waals surface area contributed by atoms with Crippen molar-refractivity contribution in [1.29, 1.82) is 0 Å². The van der Waals surface area contributed by atoms with Crippen molar-refractivity contribution >= 4 is 28.7 Å². The molecule has 10 nitrogen and oxygen atoms in total. The molecule has 0 fully saturated rings. The van der Waals surface area contributed by atoms with Crippen LogP contribution in [0, 0.1) is 10.1 Å². The lowest BCUT2D eigenvalue weighted by atomic mass is 10.0. The van der Waals surface area contributed by atoms with Gasteiger partial charge in [0.25, 0.3) is 11.6 Å². The molecule has 0 unspecified atom stereocenters. The second kappa shape index (κ2) is 8.35. The minimum atomic E-state index is -0.554. The minimum absolute atomic E-state index is 0.0157. The number of nitrogens with zero attached hydrogens (tertiary/aromatic N) is 4. The second-order valence-electron chi connectivity index (χ2n) is 7.03. The number of ether oxygens (including phenoxy) is 2. The molecule has 0 bridgehead atoms. The second-order valence-corrected chi connectivity index (χ2v) is 7.03. The summed E-state index contributed by atoms with van der Waals surface area (Å²) in [6.07, 6.45) is 4.52. The highest BCUT2D eigenvalue weighted by Crippen LogP contribution is 2.37. The van der Waals surface area contributed by atoms with Gasteiger partial charge < -0.3 is 9.47 Å². The topological polar surface area (TPSA) is 129 Å². The van der Waals surface area contributed by atoms with E-state index in [9.17, 15) is 14.9 Å². The third-order valence-electron chi connectivity index (χ3n) is 5.01. The van der Waals surface area contributed by atoms with Gasteiger partial charge in [-0.2, -0.15) is 5.10 Å². The predicted molar refractivity (Wildman–Crippen MR) is 119 cm³/mol. The number of rotatable bonds is 5. The SMILES string of the molecule is O=C(NN=Cc1cc2c(cc1[N+](=O)[O-])OCO2)c1cc(-c2cccnc2)nc2ccccc12. The highest BCUT2D eigenvalue weighted by atomic mass is 16.7. The number of hydrogen-bond acceptors (Lipinski definition) is 8. The fourth-order valence-corrected chi connectivity index (χ4v) is 3.45. The van der Waals surface area contributed by atoms with Gasteiger partial charge in [-0.3, -0.25) is 19.9 Å². The predicted octanol–water partition coefficient (Wildman–Crippen LogP) is 3.70. The van der Waals surface area contributed by atoms with E-state index >= 15 is 0 Å². The lowest BCUT2D eigenvalue weighted by Crippen LogP contribution is -2.18. The molecule has 1 aliphatic rings. The zero-order chi connectivity index (χ0) is 22.8. The van der Waals surface area contributed by atoms with Gasteiger partial charge in [0, 0.05) is 23.3 Å². The lowest BCUT2D eigenvalue weighted by molar-refractivity contribution is -0.385. The summed E-state index contributed by atoms with van der Waals surface area (Å²) in [5.74, 6) is 0.169. The smallest absolute Gasteiger partial charge is 0.282 e. The molecule has 5 rings (SSSR count). The molecule has 0 saturated heterocycles. The van der Waals surface area contributed by atoms with E-state index in [1.165, 1.54) is 18.3 Å². The average Bonchev–Trinajstić information content (AvgIpc) is 3.30. The Morgan fingerprint density at radius 2 is 1.94 bits per heavy atom. The van der Waals surface area contributed by atoms with E-state index in [1.807, 2.05) is 24.3 Å². The Labute approximate surface area is 186 Å². The standard InChI is InChI=1S/C23H15N5O5/c29-23(27-25-12-15-8-21-22(33-13-32-21)10-20(15)28(30)31)17-9-19(14-4-3-7-24-11-14)26-18-6-2-1-5-16(17)18/h1-12H,13H2,(H,27,29). The zero-order valence-electron chi connectivity index (χ0n) is 17.0. The first-order chi connectivity index (χ1) is 16.1. The summed E-state index contributed by atoms with van der Waals surface area (Å²) in [6.45, 7) is -0.0157. The van der Waals surface area contributed by atoms with Crippen molar-refractivity contribution in [1.82, 2.24) is 15.4 Å².